The molecule has 2 bridgehead atoms. The molecule has 2 unspecified atom stereocenters. The van der Waals surface area contributed by atoms with Gasteiger partial charge in [0.1, 0.15) is 5.65 Å². The number of fused-ring (bicyclic) bond motifs is 3. The van der Waals surface area contributed by atoms with E-state index in [1.54, 1.807) is 17.8 Å². The van der Waals surface area contributed by atoms with Gasteiger partial charge in [-0.25, -0.2) is 4.98 Å². The molecule has 6 rings (SSSR count). The second-order valence-electron chi connectivity index (χ2n) is 11.4. The molecule has 3 aromatic rings. The number of rotatable bonds is 4. The van der Waals surface area contributed by atoms with E-state index in [4.69, 9.17) is 5.26 Å². The van der Waals surface area contributed by atoms with Gasteiger partial charge in [-0.3, -0.25) is 9.59 Å². The highest BCUT2D eigenvalue weighted by Crippen LogP contribution is 2.52. The lowest BCUT2D eigenvalue weighted by Crippen LogP contribution is -2.46. The number of nitrogens with one attached hydrogen (secondary N) is 1. The lowest BCUT2D eigenvalue weighted by Gasteiger charge is -2.39. The fraction of sp³-hybridized carbons (Fsp3) is 0.467. The van der Waals surface area contributed by atoms with Crippen molar-refractivity contribution >= 4 is 28.5 Å². The molecule has 1 N–H and O–H groups in total. The number of anilines is 1. The quantitative estimate of drug-likeness (QED) is 0.442. The van der Waals surface area contributed by atoms with E-state index in [1.807, 2.05) is 11.0 Å². The third-order valence-corrected chi connectivity index (χ3v) is 9.01. The zero-order valence-corrected chi connectivity index (χ0v) is 22.2. The Morgan fingerprint density at radius 3 is 2.45 bits per heavy atom. The predicted octanol–water partition coefficient (Wildman–Crippen LogP) is 5.86. The van der Waals surface area contributed by atoms with Crippen molar-refractivity contribution in [2.45, 2.75) is 50.6 Å². The highest BCUT2D eigenvalue weighted by atomic mass is 19.4. The summed E-state index contributed by atoms with van der Waals surface area (Å²) in [6.45, 7) is 1.13. The molecule has 2 saturated carbocycles. The first-order valence-electron chi connectivity index (χ1n) is 13.8. The first kappa shape index (κ1) is 26.4. The molecule has 1 saturated heterocycles. The number of carbonyl (C=O) groups is 2. The molecule has 10 heteroatoms. The van der Waals surface area contributed by atoms with Crippen LogP contribution in [0.1, 0.15) is 71.5 Å². The minimum Gasteiger partial charge on any atom is -0.342 e. The minimum atomic E-state index is -4.76. The zero-order chi connectivity index (χ0) is 28.2. The van der Waals surface area contributed by atoms with Gasteiger partial charge < -0.3 is 14.8 Å². The normalized spacial score (nSPS) is 23.0. The van der Waals surface area contributed by atoms with Gasteiger partial charge in [0.15, 0.2) is 0 Å². The number of piperidine rings is 1. The number of benzene rings is 1. The van der Waals surface area contributed by atoms with Gasteiger partial charge in [0, 0.05) is 43.2 Å². The van der Waals surface area contributed by atoms with Crippen molar-refractivity contribution in [2.75, 3.05) is 18.4 Å². The number of amides is 2. The third kappa shape index (κ3) is 4.51. The Bertz CT molecular complexity index is 1520. The van der Waals surface area contributed by atoms with E-state index in [0.717, 1.165) is 44.7 Å². The second-order valence-corrected chi connectivity index (χ2v) is 11.4. The molecule has 2 aromatic heterocycles. The number of alkyl halides is 3. The number of carbonyl (C=O) groups excluding carboxylic acids is 2. The van der Waals surface area contributed by atoms with Gasteiger partial charge in [-0.1, -0.05) is 18.9 Å². The smallest absolute Gasteiger partial charge is 0.342 e. The zero-order valence-electron chi connectivity index (χ0n) is 22.2. The van der Waals surface area contributed by atoms with E-state index in [-0.39, 0.29) is 51.7 Å². The number of hydrogen-bond acceptors (Lipinski definition) is 4. The number of pyridine rings is 1. The topological polar surface area (TPSA) is 91.0 Å². The fourth-order valence-electron chi connectivity index (χ4n) is 7.28. The second kappa shape index (κ2) is 9.95. The highest BCUT2D eigenvalue weighted by Gasteiger charge is 2.47. The van der Waals surface area contributed by atoms with Crippen LogP contribution in [0.2, 0.25) is 0 Å². The summed E-state index contributed by atoms with van der Waals surface area (Å²) in [7, 11) is 1.69. The standard InChI is InChI=1S/C30H30F3N5O2/c1-37-16-22(24-20-9-10-21(24)15-38(14-20)29(40)18-6-2-3-7-18)25-26(30(31,32)33)23(13-35-27(25)37)36-28(39)19-8-4-5-17(11-19)12-34/h4-5,8,11,13,16,18,20-21,24H,2-3,6-7,9-10,14-15H2,1H3,(H,36,39)/t20-,21?,24?/m1/s1. The highest BCUT2D eigenvalue weighted by molar-refractivity contribution is 6.06. The number of hydrogen-bond donors (Lipinski definition) is 1. The van der Waals surface area contributed by atoms with Crippen molar-refractivity contribution in [2.24, 2.45) is 24.8 Å². The van der Waals surface area contributed by atoms with E-state index in [9.17, 15) is 22.8 Å². The molecule has 1 aliphatic heterocycles. The summed E-state index contributed by atoms with van der Waals surface area (Å²) in [6, 6.07) is 7.74. The van der Waals surface area contributed by atoms with Crippen molar-refractivity contribution in [3.63, 3.8) is 0 Å². The molecule has 2 amide bonds. The Morgan fingerprint density at radius 1 is 1.10 bits per heavy atom. The first-order chi connectivity index (χ1) is 19.2. The van der Waals surface area contributed by atoms with E-state index in [0.29, 0.717) is 18.7 Å². The van der Waals surface area contributed by atoms with Crippen LogP contribution < -0.4 is 5.32 Å². The van der Waals surface area contributed by atoms with Crippen molar-refractivity contribution in [1.29, 1.82) is 5.26 Å². The van der Waals surface area contributed by atoms with Gasteiger partial charge in [-0.05, 0) is 67.2 Å². The van der Waals surface area contributed by atoms with Crippen LogP contribution in [0.15, 0.2) is 36.7 Å². The molecule has 3 aliphatic rings. The average Bonchev–Trinajstić information content (AvgIpc) is 3.64. The molecule has 3 heterocycles. The Balaban J connectivity index is 1.38. The van der Waals surface area contributed by atoms with Crippen molar-refractivity contribution in [1.82, 2.24) is 14.5 Å². The van der Waals surface area contributed by atoms with Gasteiger partial charge in [-0.15, -0.1) is 0 Å². The first-order valence-corrected chi connectivity index (χ1v) is 13.8. The van der Waals surface area contributed by atoms with Crippen molar-refractivity contribution < 1.29 is 22.8 Å². The molecule has 40 heavy (non-hydrogen) atoms. The monoisotopic (exact) mass is 549 g/mol. The molecule has 0 spiro atoms. The Labute approximate surface area is 230 Å². The number of nitriles is 1. The maximum atomic E-state index is 14.8. The predicted molar refractivity (Wildman–Crippen MR) is 142 cm³/mol. The fourth-order valence-corrected chi connectivity index (χ4v) is 7.28. The van der Waals surface area contributed by atoms with Gasteiger partial charge >= 0.3 is 6.18 Å². The Hall–Kier alpha value is -3.87. The summed E-state index contributed by atoms with van der Waals surface area (Å²) in [6.07, 6.45) is 3.77. The molecule has 7 nitrogen and oxygen atoms in total. The van der Waals surface area contributed by atoms with Crippen molar-refractivity contribution in [3.05, 3.63) is 58.9 Å². The molecule has 3 fully saturated rings. The maximum Gasteiger partial charge on any atom is 0.419 e. The number of halogens is 3. The SMILES string of the molecule is Cn1cc(C2C3CC[C@@H]2CN(C(=O)C2CCCC2)C3)c2c(C(F)(F)F)c(NC(=O)c3cccc(C#N)c3)cnc21. The molecular weight excluding hydrogens is 519 g/mol. The van der Waals surface area contributed by atoms with Gasteiger partial charge in [0.25, 0.3) is 5.91 Å². The van der Waals surface area contributed by atoms with E-state index >= 15 is 0 Å². The Morgan fingerprint density at radius 2 is 1.80 bits per heavy atom. The lowest BCUT2D eigenvalue weighted by molar-refractivity contribution is -0.137. The van der Waals surface area contributed by atoms with Crippen LogP contribution in [0.5, 0.6) is 0 Å². The van der Waals surface area contributed by atoms with E-state index < -0.39 is 23.3 Å². The Kier molecular flexibility index (Phi) is 6.56. The number of nitrogens with zero attached hydrogens (tertiary/aromatic N) is 4. The van der Waals surface area contributed by atoms with Crippen LogP contribution in [0.25, 0.3) is 11.0 Å². The molecule has 1 aromatic carbocycles. The minimum absolute atomic E-state index is 0.0102. The van der Waals surface area contributed by atoms with Crippen LogP contribution in [-0.4, -0.2) is 39.4 Å². The van der Waals surface area contributed by atoms with E-state index in [2.05, 4.69) is 10.3 Å². The summed E-state index contributed by atoms with van der Waals surface area (Å²) >= 11 is 0. The summed E-state index contributed by atoms with van der Waals surface area (Å²) in [4.78, 5) is 32.4. The molecule has 2 aliphatic carbocycles. The number of aryl methyl sites for hydroxylation is 1. The van der Waals surface area contributed by atoms with Gasteiger partial charge in [-0.2, -0.15) is 18.4 Å². The molecular formula is C30H30F3N5O2. The molecule has 208 valence electrons. The van der Waals surface area contributed by atoms with Crippen molar-refractivity contribution in [3.8, 4) is 6.07 Å². The summed E-state index contributed by atoms with van der Waals surface area (Å²) < 4.78 is 45.9. The van der Waals surface area contributed by atoms with Crippen LogP contribution >= 0.6 is 0 Å². The lowest BCUT2D eigenvalue weighted by atomic mass is 9.79. The third-order valence-electron chi connectivity index (χ3n) is 9.01. The van der Waals surface area contributed by atoms with E-state index in [1.165, 1.54) is 24.3 Å². The molecule has 3 atom stereocenters. The largest absolute Gasteiger partial charge is 0.419 e. The van der Waals surface area contributed by atoms with Crippen LogP contribution in [0, 0.1) is 29.1 Å². The number of aromatic nitrogens is 2. The van der Waals surface area contributed by atoms with Gasteiger partial charge in [0.05, 0.1) is 29.1 Å². The molecule has 0 radical (unpaired) electrons. The maximum absolute atomic E-state index is 14.8. The summed E-state index contributed by atoms with van der Waals surface area (Å²) in [5.41, 5.74) is -0.229. The van der Waals surface area contributed by atoms with Crippen LogP contribution in [0.3, 0.4) is 0 Å². The summed E-state index contributed by atoms with van der Waals surface area (Å²) in [5, 5.41) is 11.6. The average molecular weight is 550 g/mol. The van der Waals surface area contributed by atoms with Crippen LogP contribution in [0.4, 0.5) is 18.9 Å². The number of likely N-dealkylation sites (tertiary alicyclic amines) is 1. The summed E-state index contributed by atoms with van der Waals surface area (Å²) in [5.74, 6) is -0.452. The van der Waals surface area contributed by atoms with Gasteiger partial charge in [0.2, 0.25) is 5.91 Å². The van der Waals surface area contributed by atoms with Crippen LogP contribution in [-0.2, 0) is 18.0 Å².